The van der Waals surface area contributed by atoms with Crippen molar-refractivity contribution in [1.29, 1.82) is 0 Å². The lowest BCUT2D eigenvalue weighted by molar-refractivity contribution is -0.384. The summed E-state index contributed by atoms with van der Waals surface area (Å²) in [5.41, 5.74) is -0.897. The summed E-state index contributed by atoms with van der Waals surface area (Å²) in [7, 11) is 0. The summed E-state index contributed by atoms with van der Waals surface area (Å²) in [5, 5.41) is 17.8. The molecule has 168 valence electrons. The van der Waals surface area contributed by atoms with Crippen LogP contribution in [-0.4, -0.2) is 40.0 Å². The van der Waals surface area contributed by atoms with Crippen LogP contribution in [0.5, 0.6) is 11.5 Å². The summed E-state index contributed by atoms with van der Waals surface area (Å²) in [6.07, 6.45) is 0. The number of nitrogens with zero attached hydrogens (tertiary/aromatic N) is 3. The summed E-state index contributed by atoms with van der Waals surface area (Å²) in [6, 6.07) is 11.6. The van der Waals surface area contributed by atoms with Gasteiger partial charge in [-0.3, -0.25) is 19.7 Å². The van der Waals surface area contributed by atoms with Gasteiger partial charge in [-0.15, -0.1) is 0 Å². The van der Waals surface area contributed by atoms with Crippen molar-refractivity contribution in [2.45, 2.75) is 6.92 Å². The fraction of sp³-hybridized carbons (Fsp3) is 0.143. The quantitative estimate of drug-likeness (QED) is 0.336. The first-order valence-corrected chi connectivity index (χ1v) is 9.55. The van der Waals surface area contributed by atoms with Crippen molar-refractivity contribution in [2.24, 2.45) is 0 Å². The average Bonchev–Trinajstić information content (AvgIpc) is 3.25. The number of rotatable bonds is 6. The standard InChI is InChI=1S/C21H16N4O8/c1-12-8-16(26)20(23-24(12)14-4-2-3-5-15(14)25(29)30)21(28)31-10-19(27)22-13-6-7-17-18(9-13)33-11-32-17/h2-9H,10-11H2,1H3,(H,22,27). The van der Waals surface area contributed by atoms with E-state index < -0.39 is 34.5 Å². The van der Waals surface area contributed by atoms with Gasteiger partial charge in [-0.1, -0.05) is 12.1 Å². The molecule has 1 N–H and O–H groups in total. The number of esters is 1. The molecule has 1 aliphatic rings. The molecule has 1 amide bonds. The molecular formula is C21H16N4O8. The van der Waals surface area contributed by atoms with E-state index in [0.29, 0.717) is 17.2 Å². The maximum absolute atomic E-state index is 12.4. The fourth-order valence-corrected chi connectivity index (χ4v) is 3.10. The molecule has 0 radical (unpaired) electrons. The molecular weight excluding hydrogens is 436 g/mol. The van der Waals surface area contributed by atoms with E-state index in [0.717, 1.165) is 10.7 Å². The van der Waals surface area contributed by atoms with Gasteiger partial charge in [0, 0.05) is 29.6 Å². The molecule has 0 spiro atoms. The van der Waals surface area contributed by atoms with E-state index in [4.69, 9.17) is 14.2 Å². The van der Waals surface area contributed by atoms with Gasteiger partial charge in [0.25, 0.3) is 11.6 Å². The zero-order valence-corrected chi connectivity index (χ0v) is 17.1. The number of nitro groups is 1. The van der Waals surface area contributed by atoms with Crippen LogP contribution in [0, 0.1) is 17.0 Å². The van der Waals surface area contributed by atoms with Crippen LogP contribution >= 0.6 is 0 Å². The van der Waals surface area contributed by atoms with E-state index >= 15 is 0 Å². The minimum absolute atomic E-state index is 0.0644. The Kier molecular flexibility index (Phi) is 5.72. The molecule has 1 aliphatic heterocycles. The number of benzene rings is 2. The third-order valence-corrected chi connectivity index (χ3v) is 4.60. The van der Waals surface area contributed by atoms with Gasteiger partial charge in [-0.05, 0) is 25.1 Å². The van der Waals surface area contributed by atoms with Crippen molar-refractivity contribution in [1.82, 2.24) is 9.78 Å². The van der Waals surface area contributed by atoms with Crippen LogP contribution in [0.25, 0.3) is 5.69 Å². The Morgan fingerprint density at radius 1 is 1.18 bits per heavy atom. The number of nitro benzene ring substituents is 1. The predicted molar refractivity (Wildman–Crippen MR) is 113 cm³/mol. The Bertz CT molecular complexity index is 1330. The molecule has 4 rings (SSSR count). The van der Waals surface area contributed by atoms with Crippen LogP contribution in [-0.2, 0) is 9.53 Å². The molecule has 3 aromatic rings. The lowest BCUT2D eigenvalue weighted by Gasteiger charge is -2.11. The minimum Gasteiger partial charge on any atom is -0.454 e. The molecule has 0 fully saturated rings. The first-order valence-electron chi connectivity index (χ1n) is 9.55. The predicted octanol–water partition coefficient (Wildman–Crippen LogP) is 1.97. The molecule has 1 aromatic heterocycles. The number of carbonyl (C=O) groups excluding carboxylic acids is 2. The molecule has 0 bridgehead atoms. The van der Waals surface area contributed by atoms with Gasteiger partial charge in [-0.2, -0.15) is 5.10 Å². The van der Waals surface area contributed by atoms with Gasteiger partial charge in [0.15, 0.2) is 18.1 Å². The number of hydrogen-bond acceptors (Lipinski definition) is 9. The lowest BCUT2D eigenvalue weighted by Crippen LogP contribution is -2.27. The minimum atomic E-state index is -1.15. The molecule has 0 saturated heterocycles. The normalized spacial score (nSPS) is 11.7. The highest BCUT2D eigenvalue weighted by molar-refractivity contribution is 5.95. The number of amides is 1. The molecule has 0 aliphatic carbocycles. The molecule has 2 heterocycles. The van der Waals surface area contributed by atoms with Crippen LogP contribution < -0.4 is 20.2 Å². The second-order valence-electron chi connectivity index (χ2n) is 6.85. The number of hydrogen-bond donors (Lipinski definition) is 1. The maximum Gasteiger partial charge on any atom is 0.363 e. The van der Waals surface area contributed by atoms with Crippen molar-refractivity contribution in [3.8, 4) is 17.2 Å². The van der Waals surface area contributed by atoms with E-state index in [1.165, 1.54) is 25.1 Å². The molecule has 0 atom stereocenters. The smallest absolute Gasteiger partial charge is 0.363 e. The number of ether oxygens (including phenoxy) is 3. The van der Waals surface area contributed by atoms with Gasteiger partial charge in [0.05, 0.1) is 4.92 Å². The number of aromatic nitrogens is 2. The Hall–Kier alpha value is -4.74. The summed E-state index contributed by atoms with van der Waals surface area (Å²) in [5.74, 6) is -0.800. The molecule has 0 unspecified atom stereocenters. The van der Waals surface area contributed by atoms with E-state index in [9.17, 15) is 24.5 Å². The number of fused-ring (bicyclic) bond motifs is 1. The summed E-state index contributed by atoms with van der Waals surface area (Å²) < 4.78 is 16.4. The number of aryl methyl sites for hydroxylation is 1. The van der Waals surface area contributed by atoms with E-state index in [2.05, 4.69) is 10.4 Å². The van der Waals surface area contributed by atoms with Gasteiger partial charge in [0.1, 0.15) is 5.69 Å². The summed E-state index contributed by atoms with van der Waals surface area (Å²) in [6.45, 7) is 0.907. The molecule has 12 heteroatoms. The van der Waals surface area contributed by atoms with Crippen LogP contribution in [0.1, 0.15) is 16.2 Å². The van der Waals surface area contributed by atoms with Crippen LogP contribution in [0.3, 0.4) is 0 Å². The Morgan fingerprint density at radius 3 is 2.73 bits per heavy atom. The first-order chi connectivity index (χ1) is 15.8. The van der Waals surface area contributed by atoms with Crippen LogP contribution in [0.2, 0.25) is 0 Å². The van der Waals surface area contributed by atoms with Crippen molar-refractivity contribution < 1.29 is 28.7 Å². The van der Waals surface area contributed by atoms with Gasteiger partial charge in [-0.25, -0.2) is 9.48 Å². The van der Waals surface area contributed by atoms with Crippen molar-refractivity contribution in [3.05, 3.63) is 80.3 Å². The highest BCUT2D eigenvalue weighted by Gasteiger charge is 2.22. The molecule has 2 aromatic carbocycles. The SMILES string of the molecule is Cc1cc(=O)c(C(=O)OCC(=O)Nc2ccc3c(c2)OCO3)nn1-c1ccccc1[N+](=O)[O-]. The molecule has 33 heavy (non-hydrogen) atoms. The van der Waals surface area contributed by atoms with Crippen molar-refractivity contribution >= 4 is 23.3 Å². The van der Waals surface area contributed by atoms with E-state index in [1.807, 2.05) is 0 Å². The third kappa shape index (κ3) is 4.49. The van der Waals surface area contributed by atoms with Crippen molar-refractivity contribution in [3.63, 3.8) is 0 Å². The lowest BCUT2D eigenvalue weighted by atomic mass is 10.2. The first kappa shape index (κ1) is 21.5. The number of carbonyl (C=O) groups is 2. The van der Waals surface area contributed by atoms with Gasteiger partial charge >= 0.3 is 5.97 Å². The number of para-hydroxylation sites is 2. The second-order valence-corrected chi connectivity index (χ2v) is 6.85. The van der Waals surface area contributed by atoms with Gasteiger partial charge < -0.3 is 19.5 Å². The summed E-state index contributed by atoms with van der Waals surface area (Å²) in [4.78, 5) is 47.6. The highest BCUT2D eigenvalue weighted by Crippen LogP contribution is 2.34. The molecule has 12 nitrogen and oxygen atoms in total. The maximum atomic E-state index is 12.4. The van der Waals surface area contributed by atoms with Crippen LogP contribution in [0.15, 0.2) is 53.3 Å². The molecule has 0 saturated carbocycles. The number of nitrogens with one attached hydrogen (secondary N) is 1. The third-order valence-electron chi connectivity index (χ3n) is 4.60. The Balaban J connectivity index is 1.49. The average molecular weight is 452 g/mol. The monoisotopic (exact) mass is 452 g/mol. The van der Waals surface area contributed by atoms with E-state index in [-0.39, 0.29) is 23.9 Å². The Labute approximate surface area is 185 Å². The van der Waals surface area contributed by atoms with Gasteiger partial charge in [0.2, 0.25) is 17.9 Å². The zero-order valence-electron chi connectivity index (χ0n) is 17.1. The highest BCUT2D eigenvalue weighted by atomic mass is 16.7. The van der Waals surface area contributed by atoms with Crippen molar-refractivity contribution in [2.75, 3.05) is 18.7 Å². The van der Waals surface area contributed by atoms with E-state index in [1.54, 1.807) is 24.3 Å². The second kappa shape index (κ2) is 8.78. The largest absolute Gasteiger partial charge is 0.454 e. The number of anilines is 1. The topological polar surface area (TPSA) is 152 Å². The Morgan fingerprint density at radius 2 is 1.94 bits per heavy atom. The van der Waals surface area contributed by atoms with Crippen LogP contribution in [0.4, 0.5) is 11.4 Å². The summed E-state index contributed by atoms with van der Waals surface area (Å²) >= 11 is 0. The zero-order chi connectivity index (χ0) is 23.5. The fourth-order valence-electron chi connectivity index (χ4n) is 3.10.